The van der Waals surface area contributed by atoms with E-state index < -0.39 is 0 Å². The Hall–Kier alpha value is -2.29. The van der Waals surface area contributed by atoms with Crippen LogP contribution in [0.5, 0.6) is 0 Å². The third kappa shape index (κ3) is 1.56. The Bertz CT molecular complexity index is 726. The molecule has 3 heteroatoms. The van der Waals surface area contributed by atoms with Crippen molar-refractivity contribution in [1.29, 1.82) is 0 Å². The smallest absolute Gasteiger partial charge is 0.138 e. The van der Waals surface area contributed by atoms with E-state index in [0.717, 1.165) is 22.4 Å². The van der Waals surface area contributed by atoms with Crippen LogP contribution >= 0.6 is 0 Å². The quantitative estimate of drug-likeness (QED) is 0.637. The van der Waals surface area contributed by atoms with Crippen molar-refractivity contribution in [3.05, 3.63) is 47.5 Å². The van der Waals surface area contributed by atoms with Gasteiger partial charge in [-0.05, 0) is 37.1 Å². The minimum absolute atomic E-state index is 0.709. The van der Waals surface area contributed by atoms with E-state index >= 15 is 0 Å². The van der Waals surface area contributed by atoms with Crippen LogP contribution in [0.1, 0.15) is 11.1 Å². The second kappa shape index (κ2) is 3.88. The Labute approximate surface area is 106 Å². The van der Waals surface area contributed by atoms with Crippen molar-refractivity contribution in [2.75, 3.05) is 5.73 Å². The zero-order valence-electron chi connectivity index (χ0n) is 10.5. The zero-order valence-corrected chi connectivity index (χ0v) is 10.5. The molecule has 0 aliphatic rings. The maximum absolute atomic E-state index is 5.93. The molecule has 0 atom stereocenters. The Balaban J connectivity index is 2.26. The number of benzene rings is 2. The molecule has 0 saturated heterocycles. The average Bonchev–Trinajstić information content (AvgIpc) is 2.78. The van der Waals surface area contributed by atoms with E-state index in [1.807, 2.05) is 24.3 Å². The van der Waals surface area contributed by atoms with Gasteiger partial charge in [-0.1, -0.05) is 24.3 Å². The Morgan fingerprint density at radius 3 is 2.61 bits per heavy atom. The number of nitrogens with two attached hydrogens (primary N) is 1. The fraction of sp³-hybridized carbons (Fsp3) is 0.133. The first-order valence-corrected chi connectivity index (χ1v) is 5.97. The Morgan fingerprint density at radius 1 is 1.06 bits per heavy atom. The predicted octanol–water partition coefficient (Wildman–Crippen LogP) is 3.43. The lowest BCUT2D eigenvalue weighted by Crippen LogP contribution is -1.88. The lowest BCUT2D eigenvalue weighted by Gasteiger charge is -2.05. The number of H-pyrrole nitrogens is 1. The molecule has 0 bridgehead atoms. The molecule has 3 rings (SSSR count). The monoisotopic (exact) mass is 237 g/mol. The van der Waals surface area contributed by atoms with Crippen LogP contribution in [0.2, 0.25) is 0 Å². The van der Waals surface area contributed by atoms with Gasteiger partial charge in [-0.3, -0.25) is 0 Å². The maximum atomic E-state index is 5.93. The average molecular weight is 237 g/mol. The van der Waals surface area contributed by atoms with Gasteiger partial charge >= 0.3 is 0 Å². The number of nitrogens with one attached hydrogen (secondary N) is 1. The first-order valence-electron chi connectivity index (χ1n) is 5.97. The second-order valence-electron chi connectivity index (χ2n) is 4.58. The Kier molecular flexibility index (Phi) is 2.33. The minimum Gasteiger partial charge on any atom is -0.397 e. The van der Waals surface area contributed by atoms with Gasteiger partial charge in [-0.2, -0.15) is 0 Å². The highest BCUT2D eigenvalue weighted by atomic mass is 14.9. The first kappa shape index (κ1) is 10.8. The zero-order chi connectivity index (χ0) is 12.7. The molecule has 0 aliphatic heterocycles. The number of nitrogen functional groups attached to an aromatic ring is 1. The molecule has 1 heterocycles. The standard InChI is InChI=1S/C15H15N3/c1-9-5-3-6-11(10(9)2)15-17-13-8-4-7-12(16)14(13)18-15/h3-8H,16H2,1-2H3,(H,17,18). The van der Waals surface area contributed by atoms with Crippen molar-refractivity contribution in [1.82, 2.24) is 9.97 Å². The van der Waals surface area contributed by atoms with Gasteiger partial charge in [0, 0.05) is 5.56 Å². The molecular weight excluding hydrogens is 222 g/mol. The highest BCUT2D eigenvalue weighted by Crippen LogP contribution is 2.27. The summed E-state index contributed by atoms with van der Waals surface area (Å²) in [7, 11) is 0. The number of aromatic nitrogens is 2. The van der Waals surface area contributed by atoms with Crippen molar-refractivity contribution in [3.8, 4) is 11.4 Å². The fourth-order valence-corrected chi connectivity index (χ4v) is 2.19. The maximum Gasteiger partial charge on any atom is 0.138 e. The van der Waals surface area contributed by atoms with Crippen molar-refractivity contribution in [2.24, 2.45) is 0 Å². The summed E-state index contributed by atoms with van der Waals surface area (Å²) in [5.74, 6) is 0.879. The van der Waals surface area contributed by atoms with E-state index in [1.54, 1.807) is 0 Å². The third-order valence-electron chi connectivity index (χ3n) is 3.40. The van der Waals surface area contributed by atoms with Gasteiger partial charge in [0.2, 0.25) is 0 Å². The van der Waals surface area contributed by atoms with E-state index in [2.05, 4.69) is 35.9 Å². The normalized spacial score (nSPS) is 11.0. The molecule has 0 unspecified atom stereocenters. The molecule has 0 saturated carbocycles. The molecule has 18 heavy (non-hydrogen) atoms. The third-order valence-corrected chi connectivity index (χ3v) is 3.40. The number of anilines is 1. The summed E-state index contributed by atoms with van der Waals surface area (Å²) in [6.07, 6.45) is 0. The van der Waals surface area contributed by atoms with Crippen LogP contribution in [0, 0.1) is 13.8 Å². The molecule has 1 aromatic heterocycles. The SMILES string of the molecule is Cc1cccc(-c2nc3c(N)cccc3[nH]2)c1C. The summed E-state index contributed by atoms with van der Waals surface area (Å²) in [5.41, 5.74) is 12.1. The van der Waals surface area contributed by atoms with Crippen molar-refractivity contribution in [3.63, 3.8) is 0 Å². The van der Waals surface area contributed by atoms with Crippen LogP contribution in [0.3, 0.4) is 0 Å². The minimum atomic E-state index is 0.709. The number of fused-ring (bicyclic) bond motifs is 1. The van der Waals surface area contributed by atoms with Crippen LogP contribution in [0.25, 0.3) is 22.4 Å². The molecular formula is C15H15N3. The summed E-state index contributed by atoms with van der Waals surface area (Å²) < 4.78 is 0. The summed E-state index contributed by atoms with van der Waals surface area (Å²) in [6, 6.07) is 12.0. The summed E-state index contributed by atoms with van der Waals surface area (Å²) in [5, 5.41) is 0. The number of nitrogens with zero attached hydrogens (tertiary/aromatic N) is 1. The molecule has 3 N–H and O–H groups in total. The van der Waals surface area contributed by atoms with Crippen molar-refractivity contribution >= 4 is 16.7 Å². The lowest BCUT2D eigenvalue weighted by molar-refractivity contribution is 1.27. The number of para-hydroxylation sites is 1. The predicted molar refractivity (Wildman–Crippen MR) is 75.4 cm³/mol. The molecule has 0 radical (unpaired) electrons. The molecule has 3 nitrogen and oxygen atoms in total. The van der Waals surface area contributed by atoms with E-state index in [0.29, 0.717) is 5.69 Å². The molecule has 0 aliphatic carbocycles. The summed E-state index contributed by atoms with van der Waals surface area (Å²) >= 11 is 0. The lowest BCUT2D eigenvalue weighted by atomic mass is 10.0. The molecule has 3 aromatic rings. The van der Waals surface area contributed by atoms with Gasteiger partial charge in [0.15, 0.2) is 0 Å². The van der Waals surface area contributed by atoms with Crippen molar-refractivity contribution < 1.29 is 0 Å². The molecule has 90 valence electrons. The number of aromatic amines is 1. The van der Waals surface area contributed by atoms with Gasteiger partial charge in [-0.15, -0.1) is 0 Å². The van der Waals surface area contributed by atoms with E-state index in [1.165, 1.54) is 11.1 Å². The Morgan fingerprint density at radius 2 is 1.83 bits per heavy atom. The van der Waals surface area contributed by atoms with Gasteiger partial charge in [-0.25, -0.2) is 4.98 Å². The molecule has 0 spiro atoms. The number of hydrogen-bond acceptors (Lipinski definition) is 2. The van der Waals surface area contributed by atoms with Gasteiger partial charge < -0.3 is 10.7 Å². The highest BCUT2D eigenvalue weighted by molar-refractivity contribution is 5.89. The van der Waals surface area contributed by atoms with E-state index in [9.17, 15) is 0 Å². The molecule has 0 amide bonds. The fourth-order valence-electron chi connectivity index (χ4n) is 2.19. The number of rotatable bonds is 1. The van der Waals surface area contributed by atoms with Gasteiger partial charge in [0.25, 0.3) is 0 Å². The van der Waals surface area contributed by atoms with Crippen LogP contribution in [-0.4, -0.2) is 9.97 Å². The van der Waals surface area contributed by atoms with Crippen LogP contribution < -0.4 is 5.73 Å². The first-order chi connectivity index (χ1) is 8.66. The molecule has 2 aromatic carbocycles. The summed E-state index contributed by atoms with van der Waals surface area (Å²) in [4.78, 5) is 7.93. The van der Waals surface area contributed by atoms with E-state index in [-0.39, 0.29) is 0 Å². The number of aryl methyl sites for hydroxylation is 1. The largest absolute Gasteiger partial charge is 0.397 e. The van der Waals surface area contributed by atoms with Crippen LogP contribution in [-0.2, 0) is 0 Å². The van der Waals surface area contributed by atoms with Crippen LogP contribution in [0.4, 0.5) is 5.69 Å². The molecule has 0 fully saturated rings. The number of imidazole rings is 1. The van der Waals surface area contributed by atoms with Crippen LogP contribution in [0.15, 0.2) is 36.4 Å². The number of hydrogen-bond donors (Lipinski definition) is 2. The van der Waals surface area contributed by atoms with Gasteiger partial charge in [0.1, 0.15) is 11.3 Å². The highest BCUT2D eigenvalue weighted by Gasteiger charge is 2.09. The van der Waals surface area contributed by atoms with E-state index in [4.69, 9.17) is 5.73 Å². The summed E-state index contributed by atoms with van der Waals surface area (Å²) in [6.45, 7) is 4.22. The van der Waals surface area contributed by atoms with Gasteiger partial charge in [0.05, 0.1) is 11.2 Å². The van der Waals surface area contributed by atoms with Crippen molar-refractivity contribution in [2.45, 2.75) is 13.8 Å². The second-order valence-corrected chi connectivity index (χ2v) is 4.58. The topological polar surface area (TPSA) is 54.7 Å².